The molecule has 1 aromatic heterocycles. The molecular weight excluding hydrogens is 310 g/mol. The first kappa shape index (κ1) is 14.3. The number of rotatable bonds is 5. The molecule has 0 aromatic carbocycles. The third-order valence-electron chi connectivity index (χ3n) is 3.13. The van der Waals surface area contributed by atoms with Crippen molar-refractivity contribution in [3.05, 3.63) is 22.6 Å². The van der Waals surface area contributed by atoms with Crippen LogP contribution in [-0.4, -0.2) is 24.7 Å². The second-order valence-corrected chi connectivity index (χ2v) is 5.43. The number of hydrogen-bond acceptors (Lipinski definition) is 4. The summed E-state index contributed by atoms with van der Waals surface area (Å²) in [7, 11) is 0. The number of nitrogens with one attached hydrogen (secondary N) is 2. The zero-order valence-electron chi connectivity index (χ0n) is 10.7. The number of hydrazone groups is 1. The van der Waals surface area contributed by atoms with Gasteiger partial charge in [0.05, 0.1) is 12.8 Å². The highest BCUT2D eigenvalue weighted by atomic mass is 79.9. The van der Waals surface area contributed by atoms with Gasteiger partial charge in [-0.25, -0.2) is 5.43 Å². The maximum Gasteiger partial charge on any atom is 0.254 e. The van der Waals surface area contributed by atoms with Gasteiger partial charge < -0.3 is 9.73 Å². The highest BCUT2D eigenvalue weighted by molar-refractivity contribution is 9.10. The van der Waals surface area contributed by atoms with Crippen LogP contribution in [0.3, 0.4) is 0 Å². The van der Waals surface area contributed by atoms with Gasteiger partial charge in [-0.3, -0.25) is 4.79 Å². The van der Waals surface area contributed by atoms with Gasteiger partial charge in [-0.05, 0) is 40.9 Å². The average Bonchev–Trinajstić information content (AvgIpc) is 2.83. The van der Waals surface area contributed by atoms with Crippen molar-refractivity contribution in [1.82, 2.24) is 10.7 Å². The normalized spacial score (nSPS) is 16.9. The van der Waals surface area contributed by atoms with E-state index in [-0.39, 0.29) is 5.91 Å². The lowest BCUT2D eigenvalue weighted by atomic mass is 9.95. The third-order valence-corrected chi connectivity index (χ3v) is 3.56. The molecule has 0 bridgehead atoms. The highest BCUT2D eigenvalue weighted by Crippen LogP contribution is 2.16. The van der Waals surface area contributed by atoms with Crippen molar-refractivity contribution in [2.24, 2.45) is 5.10 Å². The molecular formula is C13H18BrN3O2. The van der Waals surface area contributed by atoms with Crippen LogP contribution in [0, 0.1) is 0 Å². The Kier molecular flexibility index (Phi) is 5.60. The quantitative estimate of drug-likeness (QED) is 0.644. The zero-order valence-corrected chi connectivity index (χ0v) is 12.3. The van der Waals surface area contributed by atoms with Crippen LogP contribution in [0.15, 0.2) is 26.3 Å². The van der Waals surface area contributed by atoms with E-state index in [9.17, 15) is 4.79 Å². The highest BCUT2D eigenvalue weighted by Gasteiger charge is 2.13. The summed E-state index contributed by atoms with van der Waals surface area (Å²) in [6, 6.07) is 4.01. The topological polar surface area (TPSA) is 66.6 Å². The number of carbonyl (C=O) groups excluding carboxylic acids is 1. The monoisotopic (exact) mass is 327 g/mol. The van der Waals surface area contributed by atoms with Crippen LogP contribution in [0.2, 0.25) is 0 Å². The van der Waals surface area contributed by atoms with Crippen LogP contribution >= 0.6 is 15.9 Å². The molecule has 0 saturated heterocycles. The Labute approximate surface area is 120 Å². The number of nitrogens with zero attached hydrogens (tertiary/aromatic N) is 1. The fourth-order valence-corrected chi connectivity index (χ4v) is 2.47. The van der Waals surface area contributed by atoms with Crippen molar-refractivity contribution >= 4 is 28.1 Å². The van der Waals surface area contributed by atoms with Crippen molar-refractivity contribution < 1.29 is 9.21 Å². The van der Waals surface area contributed by atoms with Crippen molar-refractivity contribution in [2.45, 2.75) is 38.1 Å². The smallest absolute Gasteiger partial charge is 0.254 e. The summed E-state index contributed by atoms with van der Waals surface area (Å²) in [6.45, 7) is 0.309. The molecule has 5 nitrogen and oxygen atoms in total. The van der Waals surface area contributed by atoms with E-state index in [2.05, 4.69) is 31.8 Å². The molecule has 1 aliphatic rings. The van der Waals surface area contributed by atoms with Gasteiger partial charge in [0.2, 0.25) is 0 Å². The summed E-state index contributed by atoms with van der Waals surface area (Å²) >= 11 is 3.20. The van der Waals surface area contributed by atoms with Gasteiger partial charge in [0.1, 0.15) is 5.76 Å². The summed E-state index contributed by atoms with van der Waals surface area (Å²) in [6.07, 6.45) is 7.63. The van der Waals surface area contributed by atoms with Crippen LogP contribution in [0.4, 0.5) is 0 Å². The van der Waals surface area contributed by atoms with Crippen molar-refractivity contribution in [3.63, 3.8) is 0 Å². The fraction of sp³-hybridized carbons (Fsp3) is 0.538. The van der Waals surface area contributed by atoms with Gasteiger partial charge in [-0.15, -0.1) is 0 Å². The standard InChI is InChI=1S/C13H18BrN3O2/c14-12-7-6-11(19-12)8-16-17-13(18)9-15-10-4-2-1-3-5-10/h6-8,10,15H,1-5,9H2,(H,17,18)/b16-8-. The first-order valence-corrected chi connectivity index (χ1v) is 7.34. The molecule has 6 heteroatoms. The van der Waals surface area contributed by atoms with Gasteiger partial charge in [-0.1, -0.05) is 19.3 Å². The molecule has 0 atom stereocenters. The predicted octanol–water partition coefficient (Wildman–Crippen LogP) is 2.41. The molecule has 19 heavy (non-hydrogen) atoms. The Morgan fingerprint density at radius 2 is 2.21 bits per heavy atom. The van der Waals surface area contributed by atoms with Crippen LogP contribution in [0.1, 0.15) is 37.9 Å². The predicted molar refractivity (Wildman–Crippen MR) is 77.0 cm³/mol. The molecule has 2 rings (SSSR count). The minimum Gasteiger partial charge on any atom is -0.448 e. The van der Waals surface area contributed by atoms with E-state index in [1.807, 2.05) is 0 Å². The van der Waals surface area contributed by atoms with E-state index in [0.29, 0.717) is 23.0 Å². The Hall–Kier alpha value is -1.14. The van der Waals surface area contributed by atoms with E-state index in [4.69, 9.17) is 4.42 Å². The van der Waals surface area contributed by atoms with Crippen LogP contribution in [0.5, 0.6) is 0 Å². The lowest BCUT2D eigenvalue weighted by molar-refractivity contribution is -0.120. The van der Waals surface area contributed by atoms with Crippen molar-refractivity contribution in [3.8, 4) is 0 Å². The summed E-state index contributed by atoms with van der Waals surface area (Å²) in [4.78, 5) is 11.6. The van der Waals surface area contributed by atoms with E-state index in [1.165, 1.54) is 25.5 Å². The van der Waals surface area contributed by atoms with Gasteiger partial charge in [0, 0.05) is 6.04 Å². The molecule has 2 N–H and O–H groups in total. The number of furan rings is 1. The second kappa shape index (κ2) is 7.45. The van der Waals surface area contributed by atoms with Gasteiger partial charge in [0.25, 0.3) is 5.91 Å². The molecule has 0 radical (unpaired) electrons. The van der Waals surface area contributed by atoms with E-state index in [0.717, 1.165) is 12.8 Å². The van der Waals surface area contributed by atoms with Gasteiger partial charge in [0.15, 0.2) is 4.67 Å². The summed E-state index contributed by atoms with van der Waals surface area (Å²) in [5, 5.41) is 7.10. The van der Waals surface area contributed by atoms with Gasteiger partial charge >= 0.3 is 0 Å². The molecule has 1 amide bonds. The van der Waals surface area contributed by atoms with Crippen LogP contribution in [-0.2, 0) is 4.79 Å². The number of halogens is 1. The Morgan fingerprint density at radius 1 is 1.42 bits per heavy atom. The van der Waals surface area contributed by atoms with Gasteiger partial charge in [-0.2, -0.15) is 5.10 Å². The zero-order chi connectivity index (χ0) is 13.5. The molecule has 0 aliphatic heterocycles. The van der Waals surface area contributed by atoms with Crippen molar-refractivity contribution in [2.75, 3.05) is 6.54 Å². The maximum absolute atomic E-state index is 11.6. The third kappa shape index (κ3) is 5.16. The SMILES string of the molecule is O=C(CNC1CCCCC1)N/N=C\c1ccc(Br)o1. The second-order valence-electron chi connectivity index (χ2n) is 4.65. The Bertz CT molecular complexity index is 439. The van der Waals surface area contributed by atoms with Crippen molar-refractivity contribution in [1.29, 1.82) is 0 Å². The van der Waals surface area contributed by atoms with Crippen LogP contribution < -0.4 is 10.7 Å². The largest absolute Gasteiger partial charge is 0.448 e. The minimum absolute atomic E-state index is 0.132. The molecule has 1 heterocycles. The molecule has 0 spiro atoms. The molecule has 1 aromatic rings. The summed E-state index contributed by atoms with van der Waals surface area (Å²) in [5.74, 6) is 0.458. The molecule has 1 saturated carbocycles. The Morgan fingerprint density at radius 3 is 2.89 bits per heavy atom. The number of carbonyl (C=O) groups is 1. The minimum atomic E-state index is -0.132. The van der Waals surface area contributed by atoms with E-state index in [1.54, 1.807) is 12.1 Å². The van der Waals surface area contributed by atoms with Crippen LogP contribution in [0.25, 0.3) is 0 Å². The average molecular weight is 328 g/mol. The summed E-state index contributed by atoms with van der Waals surface area (Å²) in [5.41, 5.74) is 2.47. The lowest BCUT2D eigenvalue weighted by Crippen LogP contribution is -2.38. The summed E-state index contributed by atoms with van der Waals surface area (Å²) < 4.78 is 5.86. The maximum atomic E-state index is 11.6. The molecule has 1 aliphatic carbocycles. The fourth-order valence-electron chi connectivity index (χ4n) is 2.15. The molecule has 1 fully saturated rings. The first-order chi connectivity index (χ1) is 9.24. The lowest BCUT2D eigenvalue weighted by Gasteiger charge is -2.22. The number of amides is 1. The first-order valence-electron chi connectivity index (χ1n) is 6.54. The van der Waals surface area contributed by atoms with E-state index >= 15 is 0 Å². The Balaban J connectivity index is 1.65. The molecule has 104 valence electrons. The number of hydrogen-bond donors (Lipinski definition) is 2. The van der Waals surface area contributed by atoms with E-state index < -0.39 is 0 Å². The molecule has 0 unspecified atom stereocenters.